The van der Waals surface area contributed by atoms with E-state index in [0.29, 0.717) is 12.1 Å². The molecule has 0 aliphatic rings. The number of rotatable bonds is 23. The average Bonchev–Trinajstić information content (AvgIpc) is 3.22. The summed E-state index contributed by atoms with van der Waals surface area (Å²) in [5, 5.41) is 1.15. The summed E-state index contributed by atoms with van der Waals surface area (Å²) >= 11 is 0. The topological polar surface area (TPSA) is 58.5 Å². The number of carbonyl (C=O) groups is 1. The second kappa shape index (κ2) is 18.6. The lowest BCUT2D eigenvalue weighted by Gasteiger charge is -2.47. The Bertz CT molecular complexity index is 2390. The minimum Gasteiger partial charge on any atom is -0.349 e. The lowest BCUT2D eigenvalue weighted by atomic mass is 9.81. The minimum atomic E-state index is -10.7. The first-order valence-electron chi connectivity index (χ1n) is 17.7. The zero-order chi connectivity index (χ0) is 62.8. The summed E-state index contributed by atoms with van der Waals surface area (Å²) in [6, 6.07) is -1.05. The van der Waals surface area contributed by atoms with E-state index in [1.807, 2.05) is 0 Å². The third-order valence-electron chi connectivity index (χ3n) is 10.1. The molecule has 1 rings (SSSR count). The Labute approximate surface area is 392 Å². The van der Waals surface area contributed by atoms with Crippen molar-refractivity contribution in [2.24, 2.45) is 4.99 Å². The molecule has 0 spiro atoms. The summed E-state index contributed by atoms with van der Waals surface area (Å²) < 4.78 is 572. The number of halogens is 41. The Hall–Kier alpha value is -4.80. The van der Waals surface area contributed by atoms with E-state index in [4.69, 9.17) is 0 Å². The highest BCUT2D eigenvalue weighted by Crippen LogP contribution is 2.71. The van der Waals surface area contributed by atoms with Gasteiger partial charge < -0.3 is 5.32 Å². The Morgan fingerprint density at radius 2 is 0.623 bits per heavy atom. The number of nitrogens with one attached hydrogen (secondary N) is 1. The highest BCUT2D eigenvalue weighted by molar-refractivity contribution is 5.95. The molecule has 1 amide bonds. The van der Waals surface area contributed by atoms with Crippen LogP contribution in [0, 0.1) is 6.92 Å². The molecule has 1 aromatic rings. The molecular weight excluding hydrogens is 1220 g/mol. The molecule has 4 nitrogen and oxygen atoms in total. The van der Waals surface area contributed by atoms with Gasteiger partial charge in [-0.2, -0.15) is 185 Å². The number of isocyanates is 1. The van der Waals surface area contributed by atoms with Gasteiger partial charge in [0.05, 0.1) is 5.69 Å². The fourth-order valence-corrected chi connectivity index (χ4v) is 5.40. The first-order chi connectivity index (χ1) is 33.0. The van der Waals surface area contributed by atoms with Crippen molar-refractivity contribution in [3.63, 3.8) is 0 Å². The van der Waals surface area contributed by atoms with Crippen molar-refractivity contribution in [2.45, 2.75) is 145 Å². The van der Waals surface area contributed by atoms with Crippen LogP contribution in [0.1, 0.15) is 29.3 Å². The number of amides is 1. The van der Waals surface area contributed by atoms with Gasteiger partial charge in [0.2, 0.25) is 6.08 Å². The smallest absolute Gasteiger partial charge is 0.349 e. The van der Waals surface area contributed by atoms with Crippen LogP contribution in [0.25, 0.3) is 0 Å². The van der Waals surface area contributed by atoms with E-state index >= 15 is 0 Å². The second-order valence-corrected chi connectivity index (χ2v) is 15.3. The van der Waals surface area contributed by atoms with Crippen molar-refractivity contribution in [3.05, 3.63) is 29.3 Å². The van der Waals surface area contributed by atoms with Gasteiger partial charge in [0, 0.05) is 18.0 Å². The molecule has 0 fully saturated rings. The summed E-state index contributed by atoms with van der Waals surface area (Å²) in [5.41, 5.74) is -1.39. The summed E-state index contributed by atoms with van der Waals surface area (Å²) in [6.07, 6.45) is -11.0. The van der Waals surface area contributed by atoms with Gasteiger partial charge in [0.25, 0.3) is 5.91 Å². The van der Waals surface area contributed by atoms with Crippen molar-refractivity contribution in [3.8, 4) is 0 Å². The zero-order valence-corrected chi connectivity index (χ0v) is 34.8. The van der Waals surface area contributed by atoms with Crippen LogP contribution >= 0.6 is 0 Å². The van der Waals surface area contributed by atoms with E-state index < -0.39 is 143 Å². The second-order valence-electron chi connectivity index (χ2n) is 15.3. The van der Waals surface area contributed by atoms with Gasteiger partial charge in [0.15, 0.2) is 0 Å². The largest absolute Gasteiger partial charge is 0.460 e. The maximum atomic E-state index is 14.5. The molecule has 0 aliphatic heterocycles. The SMILES string of the molecule is Cc1cc(C(=O)NC(C)CC(F)(F)C(F)(F)C(F)(F)C(F)(F)C(F)(F)C(F)(F)C(F)(F)C(F)(F)C(F)(F)C(F)(F)C(F)(F)C(F)(F)C(F)(F)C(F)(F)C(F)(F)C(F)(F)C(F)(F)C(F)(F)C(F)(F)C(F)(F)F)ccc1N=C=O. The lowest BCUT2D eigenvalue weighted by molar-refractivity contribution is -0.495. The first-order valence-corrected chi connectivity index (χ1v) is 17.7. The van der Waals surface area contributed by atoms with Crippen LogP contribution in [0.3, 0.4) is 0 Å². The fraction of sp³-hybridized carbons (Fsp3) is 0.750. The van der Waals surface area contributed by atoms with Crippen LogP contribution in [0.2, 0.25) is 0 Å². The van der Waals surface area contributed by atoms with E-state index in [2.05, 4.69) is 4.99 Å². The van der Waals surface area contributed by atoms with Crippen LogP contribution in [0.5, 0.6) is 0 Å². The van der Waals surface area contributed by atoms with Crippen LogP contribution in [0.4, 0.5) is 186 Å². The Morgan fingerprint density at radius 3 is 0.831 bits per heavy atom. The van der Waals surface area contributed by atoms with Crippen molar-refractivity contribution in [2.75, 3.05) is 0 Å². The normalized spacial score (nSPS) is 16.6. The van der Waals surface area contributed by atoms with Gasteiger partial charge in [-0.05, 0) is 37.6 Å². The van der Waals surface area contributed by atoms with Crippen molar-refractivity contribution in [1.29, 1.82) is 0 Å². The maximum absolute atomic E-state index is 14.5. The van der Waals surface area contributed by atoms with Gasteiger partial charge in [-0.3, -0.25) is 4.79 Å². The van der Waals surface area contributed by atoms with Crippen molar-refractivity contribution in [1.82, 2.24) is 5.32 Å². The lowest BCUT2D eigenvalue weighted by Crippen LogP contribution is -2.80. The molecule has 1 N–H and O–H groups in total. The van der Waals surface area contributed by atoms with Gasteiger partial charge >= 0.3 is 119 Å². The number of carbonyl (C=O) groups excluding carboxylic acids is 2. The number of benzene rings is 1. The van der Waals surface area contributed by atoms with E-state index in [-0.39, 0.29) is 18.2 Å². The Kier molecular flexibility index (Phi) is 17.0. The Morgan fingerprint density at radius 1 is 0.403 bits per heavy atom. The molecule has 450 valence electrons. The van der Waals surface area contributed by atoms with Gasteiger partial charge in [-0.25, -0.2) is 4.79 Å². The van der Waals surface area contributed by atoms with E-state index in [1.165, 1.54) is 0 Å². The molecular formula is C32H13F41N2O2. The zero-order valence-electron chi connectivity index (χ0n) is 34.8. The molecule has 0 heterocycles. The monoisotopic (exact) mass is 1240 g/mol. The molecule has 0 radical (unpaired) electrons. The molecule has 0 bridgehead atoms. The number of aliphatic imine (C=N–C) groups is 1. The summed E-state index contributed by atoms with van der Waals surface area (Å²) in [4.78, 5) is 25.6. The molecule has 1 atom stereocenters. The highest BCUT2D eigenvalue weighted by atomic mass is 19.4. The van der Waals surface area contributed by atoms with Crippen LogP contribution in [-0.4, -0.2) is 137 Å². The predicted molar refractivity (Wildman–Crippen MR) is 161 cm³/mol. The third kappa shape index (κ3) is 8.95. The fourth-order valence-electron chi connectivity index (χ4n) is 5.40. The molecule has 1 aromatic carbocycles. The predicted octanol–water partition coefficient (Wildman–Crippen LogP) is 15.1. The van der Waals surface area contributed by atoms with E-state index in [0.717, 1.165) is 24.4 Å². The number of alkyl halides is 41. The van der Waals surface area contributed by atoms with Gasteiger partial charge in [-0.15, -0.1) is 0 Å². The maximum Gasteiger partial charge on any atom is 0.460 e. The molecule has 0 saturated carbocycles. The number of hydrogen-bond donors (Lipinski definition) is 1. The molecule has 0 aromatic heterocycles. The van der Waals surface area contributed by atoms with Crippen molar-refractivity contribution < 1.29 is 190 Å². The molecule has 0 aliphatic carbocycles. The standard InChI is InChI=1S/C32H13F41N2O2/c1-8-5-10(3-4-11(8)74-7-76)12(77)75-9(2)6-13(33,34)14(35,36)15(37,38)16(39,40)17(41,42)18(43,44)19(45,46)20(47,48)21(49,50)22(51,52)23(53,54)24(55,56)25(57,58)26(59,60)27(61,62)28(63,64)29(65,66)30(67,68)31(69,70)32(71,72)73/h3-5,9H,6H2,1-2H3,(H,75,77). The first kappa shape index (κ1) is 70.2. The molecule has 45 heteroatoms. The van der Waals surface area contributed by atoms with Crippen LogP contribution in [0.15, 0.2) is 23.2 Å². The number of nitrogens with zero attached hydrogens (tertiary/aromatic N) is 1. The van der Waals surface area contributed by atoms with Crippen LogP contribution in [-0.2, 0) is 4.79 Å². The highest BCUT2D eigenvalue weighted by Gasteiger charge is 3.03. The quantitative estimate of drug-likeness (QED) is 0.0674. The summed E-state index contributed by atoms with van der Waals surface area (Å²) in [6.45, 7) is 0.960. The van der Waals surface area contributed by atoms with Gasteiger partial charge in [-0.1, -0.05) is 0 Å². The van der Waals surface area contributed by atoms with E-state index in [1.54, 1.807) is 0 Å². The van der Waals surface area contributed by atoms with Gasteiger partial charge in [0.1, 0.15) is 0 Å². The number of aryl methyl sites for hydroxylation is 1. The van der Waals surface area contributed by atoms with Crippen molar-refractivity contribution >= 4 is 17.7 Å². The molecule has 0 saturated heterocycles. The molecule has 1 unspecified atom stereocenters. The van der Waals surface area contributed by atoms with E-state index in [9.17, 15) is 190 Å². The minimum absolute atomic E-state index is 0.0414. The average molecular weight is 1240 g/mol. The van der Waals surface area contributed by atoms with Crippen LogP contribution < -0.4 is 5.32 Å². The number of hydrogen-bond acceptors (Lipinski definition) is 3. The summed E-state index contributed by atoms with van der Waals surface area (Å²) in [5.74, 6) is -191. The Balaban J connectivity index is 4.00. The molecule has 77 heavy (non-hydrogen) atoms. The third-order valence-corrected chi connectivity index (χ3v) is 10.1. The summed E-state index contributed by atoms with van der Waals surface area (Å²) in [7, 11) is 0.